The molecule has 7 nitrogen and oxygen atoms in total. The van der Waals surface area contributed by atoms with Crippen molar-refractivity contribution in [1.82, 2.24) is 19.5 Å². The molecule has 168 valence electrons. The molecule has 3 aromatic rings. The zero-order chi connectivity index (χ0) is 22.2. The molecule has 0 aliphatic carbocycles. The molecule has 2 saturated heterocycles. The summed E-state index contributed by atoms with van der Waals surface area (Å²) in [5.74, 6) is 1.58. The smallest absolute Gasteiger partial charge is 0.254 e. The molecule has 2 aromatic heterocycles. The van der Waals surface area contributed by atoms with E-state index < -0.39 is 0 Å². The topological polar surface area (TPSA) is 63.0 Å². The maximum atomic E-state index is 13.5. The van der Waals surface area contributed by atoms with E-state index in [4.69, 9.17) is 26.4 Å². The summed E-state index contributed by atoms with van der Waals surface area (Å²) in [5.41, 5.74) is 3.37. The number of likely N-dealkylation sites (tertiary alicyclic amines) is 1. The Balaban J connectivity index is 1.48. The highest BCUT2D eigenvalue weighted by Gasteiger charge is 2.31. The number of rotatable bonds is 4. The number of carbonyl (C=O) groups excluding carboxylic acids is 1. The number of amides is 1. The molecular formula is C24H28ClN5O2. The predicted octanol–water partition coefficient (Wildman–Crippen LogP) is 4.67. The first-order valence-electron chi connectivity index (χ1n) is 11.3. The van der Waals surface area contributed by atoms with Crippen LogP contribution in [-0.2, 0) is 0 Å². The van der Waals surface area contributed by atoms with E-state index in [1.54, 1.807) is 25.3 Å². The molecule has 1 atom stereocenters. The Morgan fingerprint density at radius 3 is 2.66 bits per heavy atom. The summed E-state index contributed by atoms with van der Waals surface area (Å²) < 4.78 is 7.16. The van der Waals surface area contributed by atoms with Crippen molar-refractivity contribution >= 4 is 29.0 Å². The summed E-state index contributed by atoms with van der Waals surface area (Å²) in [5, 5.41) is 5.32. The van der Waals surface area contributed by atoms with E-state index in [-0.39, 0.29) is 11.9 Å². The third kappa shape index (κ3) is 3.90. The summed E-state index contributed by atoms with van der Waals surface area (Å²) in [6, 6.07) is 7.11. The number of nitrogens with zero attached hydrogens (tertiary/aromatic N) is 5. The van der Waals surface area contributed by atoms with Crippen LogP contribution in [0.5, 0.6) is 5.75 Å². The van der Waals surface area contributed by atoms with Crippen LogP contribution >= 0.6 is 11.6 Å². The van der Waals surface area contributed by atoms with Crippen molar-refractivity contribution in [2.75, 3.05) is 31.6 Å². The molecule has 2 aliphatic rings. The van der Waals surface area contributed by atoms with Gasteiger partial charge in [0.1, 0.15) is 11.6 Å². The molecule has 2 fully saturated rings. The van der Waals surface area contributed by atoms with Gasteiger partial charge < -0.3 is 14.5 Å². The second-order valence-corrected chi connectivity index (χ2v) is 9.14. The zero-order valence-corrected chi connectivity index (χ0v) is 19.3. The minimum atomic E-state index is -0.0848. The van der Waals surface area contributed by atoms with Gasteiger partial charge in [-0.2, -0.15) is 5.10 Å². The van der Waals surface area contributed by atoms with Gasteiger partial charge in [0, 0.05) is 48.0 Å². The minimum Gasteiger partial charge on any atom is -0.497 e. The fourth-order valence-electron chi connectivity index (χ4n) is 4.88. The lowest BCUT2D eigenvalue weighted by Crippen LogP contribution is -2.38. The first kappa shape index (κ1) is 21.1. The number of fused-ring (bicyclic) bond motifs is 1. The molecule has 0 N–H and O–H groups in total. The van der Waals surface area contributed by atoms with Gasteiger partial charge in [-0.3, -0.25) is 4.79 Å². The highest BCUT2D eigenvalue weighted by atomic mass is 35.5. The van der Waals surface area contributed by atoms with E-state index in [2.05, 4.69) is 18.0 Å². The summed E-state index contributed by atoms with van der Waals surface area (Å²) in [6.45, 7) is 4.89. The molecule has 0 unspecified atom stereocenters. The third-order valence-corrected chi connectivity index (χ3v) is 6.71. The Hall–Kier alpha value is -2.80. The second-order valence-electron chi connectivity index (χ2n) is 8.70. The molecule has 4 heterocycles. The van der Waals surface area contributed by atoms with Crippen molar-refractivity contribution in [3.63, 3.8) is 0 Å². The Bertz CT molecular complexity index is 1150. The van der Waals surface area contributed by atoms with E-state index in [9.17, 15) is 4.79 Å². The first-order valence-corrected chi connectivity index (χ1v) is 11.7. The quantitative estimate of drug-likeness (QED) is 0.574. The van der Waals surface area contributed by atoms with Gasteiger partial charge in [-0.05, 0) is 57.2 Å². The van der Waals surface area contributed by atoms with Crippen LogP contribution < -0.4 is 9.64 Å². The van der Waals surface area contributed by atoms with Crippen molar-refractivity contribution in [3.05, 3.63) is 52.3 Å². The molecule has 1 amide bonds. The van der Waals surface area contributed by atoms with Crippen LogP contribution in [0.1, 0.15) is 59.8 Å². The largest absolute Gasteiger partial charge is 0.497 e. The summed E-state index contributed by atoms with van der Waals surface area (Å²) in [4.78, 5) is 22.7. The average Bonchev–Trinajstić information content (AvgIpc) is 3.47. The van der Waals surface area contributed by atoms with Gasteiger partial charge in [-0.25, -0.2) is 9.50 Å². The van der Waals surface area contributed by atoms with Gasteiger partial charge in [-0.1, -0.05) is 11.6 Å². The third-order valence-electron chi connectivity index (χ3n) is 6.49. The number of anilines is 1. The van der Waals surface area contributed by atoms with Crippen LogP contribution in [0.4, 0.5) is 5.82 Å². The maximum Gasteiger partial charge on any atom is 0.254 e. The van der Waals surface area contributed by atoms with E-state index in [0.29, 0.717) is 22.9 Å². The number of hydrogen-bond acceptors (Lipinski definition) is 5. The van der Waals surface area contributed by atoms with Gasteiger partial charge in [0.15, 0.2) is 5.65 Å². The van der Waals surface area contributed by atoms with E-state index in [0.717, 1.165) is 55.1 Å². The first-order chi connectivity index (χ1) is 15.5. The monoisotopic (exact) mass is 453 g/mol. The Labute approximate surface area is 192 Å². The lowest BCUT2D eigenvalue weighted by Gasteiger charge is -2.34. The van der Waals surface area contributed by atoms with Gasteiger partial charge >= 0.3 is 0 Å². The predicted molar refractivity (Wildman–Crippen MR) is 125 cm³/mol. The molecule has 0 saturated carbocycles. The van der Waals surface area contributed by atoms with E-state index in [1.807, 2.05) is 15.5 Å². The number of carbonyl (C=O) groups is 1. The molecule has 1 aromatic carbocycles. The zero-order valence-electron chi connectivity index (χ0n) is 18.6. The van der Waals surface area contributed by atoms with Gasteiger partial charge in [0.25, 0.3) is 5.91 Å². The van der Waals surface area contributed by atoms with Crippen LogP contribution in [0.25, 0.3) is 5.65 Å². The van der Waals surface area contributed by atoms with Crippen molar-refractivity contribution in [1.29, 1.82) is 0 Å². The number of methoxy groups -OCH3 is 1. The van der Waals surface area contributed by atoms with E-state index >= 15 is 0 Å². The van der Waals surface area contributed by atoms with Crippen LogP contribution in [0.3, 0.4) is 0 Å². The maximum absolute atomic E-state index is 13.5. The van der Waals surface area contributed by atoms with Gasteiger partial charge in [0.2, 0.25) is 0 Å². The average molecular weight is 454 g/mol. The molecule has 0 spiro atoms. The van der Waals surface area contributed by atoms with Crippen LogP contribution in [0.15, 0.2) is 30.5 Å². The number of hydrogen-bond donors (Lipinski definition) is 0. The minimum absolute atomic E-state index is 0.0468. The number of halogens is 1. The van der Waals surface area contributed by atoms with Crippen LogP contribution in [0, 0.1) is 6.92 Å². The normalized spacial score (nSPS) is 19.0. The SMILES string of the molecule is COc1cc(Cl)cc(C(=O)N2CCCC[C@H]2c2cc3nc(N4CCCC4)c(C)cn3n2)c1. The standard InChI is InChI=1S/C24H28ClN5O2/c1-16-15-30-22(26-23(16)28-8-5-6-9-28)14-20(27-30)21-7-3-4-10-29(21)24(31)17-11-18(25)13-19(12-17)32-2/h11-15,21H,3-10H2,1-2H3/t21-/m0/s1. The fraction of sp³-hybridized carbons (Fsp3) is 0.458. The fourth-order valence-corrected chi connectivity index (χ4v) is 5.11. The van der Waals surface area contributed by atoms with Crippen molar-refractivity contribution in [2.45, 2.75) is 45.1 Å². The molecule has 2 aliphatic heterocycles. The summed E-state index contributed by atoms with van der Waals surface area (Å²) >= 11 is 6.22. The van der Waals surface area contributed by atoms with Crippen molar-refractivity contribution in [3.8, 4) is 5.75 Å². The molecule has 8 heteroatoms. The lowest BCUT2D eigenvalue weighted by molar-refractivity contribution is 0.0605. The van der Waals surface area contributed by atoms with E-state index in [1.165, 1.54) is 12.8 Å². The molecular weight excluding hydrogens is 426 g/mol. The van der Waals surface area contributed by atoms with Gasteiger partial charge in [0.05, 0.1) is 18.8 Å². The van der Waals surface area contributed by atoms with Crippen LogP contribution in [0.2, 0.25) is 5.02 Å². The van der Waals surface area contributed by atoms with Crippen molar-refractivity contribution < 1.29 is 9.53 Å². The van der Waals surface area contributed by atoms with Gasteiger partial charge in [-0.15, -0.1) is 0 Å². The Morgan fingerprint density at radius 2 is 1.88 bits per heavy atom. The molecule has 32 heavy (non-hydrogen) atoms. The number of aromatic nitrogens is 3. The summed E-state index contributed by atoms with van der Waals surface area (Å²) in [7, 11) is 1.58. The number of piperidine rings is 1. The number of aryl methyl sites for hydroxylation is 1. The highest BCUT2D eigenvalue weighted by Crippen LogP contribution is 2.33. The second kappa shape index (κ2) is 8.62. The number of ether oxygens (including phenoxy) is 1. The molecule has 0 radical (unpaired) electrons. The summed E-state index contributed by atoms with van der Waals surface area (Å²) in [6.07, 6.45) is 7.40. The highest BCUT2D eigenvalue weighted by molar-refractivity contribution is 6.31. The van der Waals surface area contributed by atoms with Crippen LogP contribution in [-0.4, -0.2) is 52.1 Å². The number of benzene rings is 1. The van der Waals surface area contributed by atoms with Crippen molar-refractivity contribution in [2.24, 2.45) is 0 Å². The lowest BCUT2D eigenvalue weighted by atomic mass is 9.98. The Kier molecular flexibility index (Phi) is 5.67. The molecule has 5 rings (SSSR count). The Morgan fingerprint density at radius 1 is 1.09 bits per heavy atom. The molecule has 0 bridgehead atoms.